The zero-order valence-electron chi connectivity index (χ0n) is 18.2. The summed E-state index contributed by atoms with van der Waals surface area (Å²) in [4.78, 5) is 0. The molecule has 0 N–H and O–H groups in total. The Balaban J connectivity index is 1.47. The SMILES string of the molecule is CC1(C)c2cc(-c3ccc(-c4ccccc4)cc3)ccc2-c2c1cc1ccccc1c2Br. The first kappa shape index (κ1) is 19.5. The minimum absolute atomic E-state index is 0.0444. The van der Waals surface area contributed by atoms with Gasteiger partial charge in [-0.2, -0.15) is 0 Å². The summed E-state index contributed by atoms with van der Waals surface area (Å²) in [5.74, 6) is 0. The van der Waals surface area contributed by atoms with E-state index in [1.165, 1.54) is 59.8 Å². The Labute approximate surface area is 197 Å². The molecule has 1 heteroatoms. The number of hydrogen-bond donors (Lipinski definition) is 0. The molecule has 1 aliphatic carbocycles. The maximum absolute atomic E-state index is 3.95. The largest absolute Gasteiger partial charge is 0.0622 e. The zero-order chi connectivity index (χ0) is 21.9. The summed E-state index contributed by atoms with van der Waals surface area (Å²) in [6, 6.07) is 37.5. The highest BCUT2D eigenvalue weighted by atomic mass is 79.9. The Kier molecular flexibility index (Phi) is 4.38. The maximum Gasteiger partial charge on any atom is 0.0335 e. The maximum atomic E-state index is 3.95. The van der Waals surface area contributed by atoms with Gasteiger partial charge < -0.3 is 0 Å². The minimum Gasteiger partial charge on any atom is -0.0622 e. The Morgan fingerprint density at radius 3 is 1.91 bits per heavy atom. The molecule has 0 saturated carbocycles. The minimum atomic E-state index is -0.0444. The molecule has 0 atom stereocenters. The molecule has 5 aromatic rings. The average Bonchev–Trinajstić information content (AvgIpc) is 3.06. The molecular weight excluding hydrogens is 452 g/mol. The second-order valence-corrected chi connectivity index (χ2v) is 9.96. The van der Waals surface area contributed by atoms with Crippen LogP contribution in [0.5, 0.6) is 0 Å². The summed E-state index contributed by atoms with van der Waals surface area (Å²) in [6.07, 6.45) is 0. The normalized spacial score (nSPS) is 13.7. The van der Waals surface area contributed by atoms with Crippen LogP contribution in [0.3, 0.4) is 0 Å². The summed E-state index contributed by atoms with van der Waals surface area (Å²) in [5, 5.41) is 2.56. The number of hydrogen-bond acceptors (Lipinski definition) is 0. The highest BCUT2D eigenvalue weighted by Crippen LogP contribution is 2.53. The van der Waals surface area contributed by atoms with Gasteiger partial charge in [-0.3, -0.25) is 0 Å². The second-order valence-electron chi connectivity index (χ2n) is 9.16. The van der Waals surface area contributed by atoms with Gasteiger partial charge >= 0.3 is 0 Å². The quantitative estimate of drug-likeness (QED) is 0.239. The van der Waals surface area contributed by atoms with Gasteiger partial charge in [0.1, 0.15) is 0 Å². The van der Waals surface area contributed by atoms with Gasteiger partial charge in [-0.05, 0) is 77.8 Å². The second kappa shape index (κ2) is 7.18. The molecule has 0 saturated heterocycles. The Morgan fingerprint density at radius 1 is 0.562 bits per heavy atom. The molecule has 6 rings (SSSR count). The fraction of sp³-hybridized carbons (Fsp3) is 0.0968. The van der Waals surface area contributed by atoms with Crippen molar-refractivity contribution in [2.45, 2.75) is 19.3 Å². The molecule has 0 amide bonds. The van der Waals surface area contributed by atoms with E-state index in [9.17, 15) is 0 Å². The van der Waals surface area contributed by atoms with E-state index in [4.69, 9.17) is 0 Å². The molecule has 0 heterocycles. The molecule has 0 spiro atoms. The summed E-state index contributed by atoms with van der Waals surface area (Å²) in [6.45, 7) is 4.70. The van der Waals surface area contributed by atoms with Crippen LogP contribution in [0.25, 0.3) is 44.2 Å². The Bertz CT molecular complexity index is 1480. The van der Waals surface area contributed by atoms with E-state index in [1.807, 2.05) is 0 Å². The van der Waals surface area contributed by atoms with Crippen molar-refractivity contribution in [2.24, 2.45) is 0 Å². The van der Waals surface area contributed by atoms with E-state index < -0.39 is 0 Å². The van der Waals surface area contributed by atoms with Crippen molar-refractivity contribution in [2.75, 3.05) is 0 Å². The number of fused-ring (bicyclic) bond motifs is 4. The molecule has 0 fully saturated rings. The standard InChI is InChI=1S/C31H23Br/c1-31(2)27-18-23(22-14-12-21(13-15-22)20-8-4-3-5-9-20)16-17-26(27)29-28(31)19-24-10-6-7-11-25(24)30(29)32/h3-19H,1-2H3. The monoisotopic (exact) mass is 474 g/mol. The Morgan fingerprint density at radius 2 is 1.16 bits per heavy atom. The topological polar surface area (TPSA) is 0 Å². The first-order valence-corrected chi connectivity index (χ1v) is 11.9. The van der Waals surface area contributed by atoms with Crippen LogP contribution in [0.15, 0.2) is 108 Å². The van der Waals surface area contributed by atoms with Crippen LogP contribution in [0.1, 0.15) is 25.0 Å². The van der Waals surface area contributed by atoms with Crippen LogP contribution in [-0.4, -0.2) is 0 Å². The zero-order valence-corrected chi connectivity index (χ0v) is 19.8. The fourth-order valence-electron chi connectivity index (χ4n) is 5.15. The van der Waals surface area contributed by atoms with Crippen LogP contribution in [-0.2, 0) is 5.41 Å². The molecule has 0 nitrogen and oxygen atoms in total. The predicted molar refractivity (Wildman–Crippen MR) is 140 cm³/mol. The smallest absolute Gasteiger partial charge is 0.0335 e. The van der Waals surface area contributed by atoms with Gasteiger partial charge in [0.15, 0.2) is 0 Å². The lowest BCUT2D eigenvalue weighted by Crippen LogP contribution is -2.15. The lowest BCUT2D eigenvalue weighted by molar-refractivity contribution is 0.661. The summed E-state index contributed by atoms with van der Waals surface area (Å²) in [7, 11) is 0. The summed E-state index contributed by atoms with van der Waals surface area (Å²) < 4.78 is 1.21. The first-order valence-electron chi connectivity index (χ1n) is 11.1. The highest BCUT2D eigenvalue weighted by Gasteiger charge is 2.37. The highest BCUT2D eigenvalue weighted by molar-refractivity contribution is 9.10. The fourth-order valence-corrected chi connectivity index (χ4v) is 5.94. The lowest BCUT2D eigenvalue weighted by Gasteiger charge is -2.22. The van der Waals surface area contributed by atoms with Crippen molar-refractivity contribution in [3.05, 3.63) is 119 Å². The van der Waals surface area contributed by atoms with E-state index >= 15 is 0 Å². The van der Waals surface area contributed by atoms with Crippen LogP contribution < -0.4 is 0 Å². The molecule has 32 heavy (non-hydrogen) atoms. The van der Waals surface area contributed by atoms with Crippen molar-refractivity contribution >= 4 is 26.7 Å². The van der Waals surface area contributed by atoms with E-state index in [0.717, 1.165) is 0 Å². The van der Waals surface area contributed by atoms with E-state index in [2.05, 4.69) is 133 Å². The molecule has 1 aliphatic rings. The van der Waals surface area contributed by atoms with Gasteiger partial charge in [0.25, 0.3) is 0 Å². The number of benzene rings is 5. The third kappa shape index (κ3) is 2.88. The van der Waals surface area contributed by atoms with Gasteiger partial charge in [-0.15, -0.1) is 0 Å². The molecule has 0 aliphatic heterocycles. The van der Waals surface area contributed by atoms with Crippen LogP contribution in [0.2, 0.25) is 0 Å². The van der Waals surface area contributed by atoms with Gasteiger partial charge in [-0.25, -0.2) is 0 Å². The third-order valence-corrected chi connectivity index (χ3v) is 7.77. The van der Waals surface area contributed by atoms with Gasteiger partial charge in [0.2, 0.25) is 0 Å². The van der Waals surface area contributed by atoms with Crippen molar-refractivity contribution in [1.29, 1.82) is 0 Å². The first-order chi connectivity index (χ1) is 15.5. The number of halogens is 1. The molecule has 0 unspecified atom stereocenters. The predicted octanol–water partition coefficient (Wildman–Crippen LogP) is 9.24. The molecule has 0 radical (unpaired) electrons. The van der Waals surface area contributed by atoms with Crippen LogP contribution in [0.4, 0.5) is 0 Å². The average molecular weight is 475 g/mol. The van der Waals surface area contributed by atoms with Crippen molar-refractivity contribution in [3.8, 4) is 33.4 Å². The lowest BCUT2D eigenvalue weighted by atomic mass is 9.81. The van der Waals surface area contributed by atoms with Crippen LogP contribution in [0, 0.1) is 0 Å². The number of rotatable bonds is 2. The van der Waals surface area contributed by atoms with Gasteiger partial charge in [0, 0.05) is 15.5 Å². The molecule has 154 valence electrons. The molecule has 0 aromatic heterocycles. The third-order valence-electron chi connectivity index (χ3n) is 6.95. The van der Waals surface area contributed by atoms with E-state index in [1.54, 1.807) is 0 Å². The van der Waals surface area contributed by atoms with Gasteiger partial charge in [-0.1, -0.05) is 105 Å². The van der Waals surface area contributed by atoms with E-state index in [-0.39, 0.29) is 5.41 Å². The van der Waals surface area contributed by atoms with Crippen molar-refractivity contribution in [1.82, 2.24) is 0 Å². The van der Waals surface area contributed by atoms with Gasteiger partial charge in [0.05, 0.1) is 0 Å². The van der Waals surface area contributed by atoms with Crippen molar-refractivity contribution < 1.29 is 0 Å². The van der Waals surface area contributed by atoms with E-state index in [0.29, 0.717) is 0 Å². The summed E-state index contributed by atoms with van der Waals surface area (Å²) in [5.41, 5.74) is 10.5. The molecule has 0 bridgehead atoms. The van der Waals surface area contributed by atoms with Crippen molar-refractivity contribution in [3.63, 3.8) is 0 Å². The van der Waals surface area contributed by atoms with Crippen LogP contribution >= 0.6 is 15.9 Å². The molecular formula is C31H23Br. The summed E-state index contributed by atoms with van der Waals surface area (Å²) >= 11 is 3.95. The molecule has 5 aromatic carbocycles. The Hall–Kier alpha value is -3.16.